The fraction of sp³-hybridized carbons (Fsp3) is 0.517. The van der Waals surface area contributed by atoms with Gasteiger partial charge in [0, 0.05) is 19.5 Å². The van der Waals surface area contributed by atoms with Crippen molar-refractivity contribution in [2.24, 2.45) is 0 Å². The molecule has 10 nitrogen and oxygen atoms in total. The summed E-state index contributed by atoms with van der Waals surface area (Å²) < 4.78 is 56.7. The number of halogens is 2. The van der Waals surface area contributed by atoms with Gasteiger partial charge in [-0.05, 0) is 68.1 Å². The molecule has 2 fully saturated rings. The fourth-order valence-corrected chi connectivity index (χ4v) is 7.00. The van der Waals surface area contributed by atoms with Gasteiger partial charge in [-0.2, -0.15) is 13.5 Å². The van der Waals surface area contributed by atoms with Crippen LogP contribution in [0.5, 0.6) is 0 Å². The van der Waals surface area contributed by atoms with Gasteiger partial charge in [0.25, 0.3) is 6.08 Å². The highest BCUT2D eigenvalue weighted by molar-refractivity contribution is 7.89. The van der Waals surface area contributed by atoms with Crippen molar-refractivity contribution in [3.63, 3.8) is 0 Å². The molecule has 1 unspecified atom stereocenters. The lowest BCUT2D eigenvalue weighted by Crippen LogP contribution is -2.50. The molecule has 1 saturated heterocycles. The molecule has 42 heavy (non-hydrogen) atoms. The van der Waals surface area contributed by atoms with Crippen LogP contribution in [-0.2, 0) is 26.0 Å². The van der Waals surface area contributed by atoms with Crippen LogP contribution in [0, 0.1) is 0 Å². The van der Waals surface area contributed by atoms with E-state index in [0.717, 1.165) is 31.2 Å². The topological polar surface area (TPSA) is 147 Å². The van der Waals surface area contributed by atoms with E-state index in [1.807, 2.05) is 6.07 Å². The molecule has 13 heteroatoms. The van der Waals surface area contributed by atoms with Crippen LogP contribution in [0.1, 0.15) is 81.9 Å². The highest BCUT2D eigenvalue weighted by atomic mass is 32.2. The molecule has 1 aliphatic carbocycles. The molecule has 4 rings (SSSR count). The van der Waals surface area contributed by atoms with E-state index in [4.69, 9.17) is 5.73 Å². The van der Waals surface area contributed by atoms with E-state index in [2.05, 4.69) is 20.0 Å². The van der Waals surface area contributed by atoms with Gasteiger partial charge < -0.3 is 16.0 Å². The minimum Gasteiger partial charge on any atom is -0.382 e. The van der Waals surface area contributed by atoms with E-state index in [0.29, 0.717) is 18.5 Å². The number of hydrogen-bond donors (Lipinski definition) is 3. The van der Waals surface area contributed by atoms with Crippen LogP contribution in [0.15, 0.2) is 47.1 Å². The SMILES string of the molecule is CCC(=O)Nc1c(C2CCCC2)cccc1S(=O)(=O)NC(CCCc1cnc(N)cn1)C(=O)N1CCC(=C(F)F)CC1. The molecule has 2 aliphatic rings. The van der Waals surface area contributed by atoms with Gasteiger partial charge in [-0.1, -0.05) is 31.9 Å². The van der Waals surface area contributed by atoms with Crippen LogP contribution >= 0.6 is 0 Å². The highest BCUT2D eigenvalue weighted by Gasteiger charge is 2.33. The summed E-state index contributed by atoms with van der Waals surface area (Å²) in [5, 5.41) is 2.81. The molecule has 1 aromatic heterocycles. The van der Waals surface area contributed by atoms with Gasteiger partial charge in [-0.3, -0.25) is 14.6 Å². The maximum Gasteiger partial charge on any atom is 0.269 e. The van der Waals surface area contributed by atoms with Crippen LogP contribution in [0.3, 0.4) is 0 Å². The molecule has 228 valence electrons. The average Bonchev–Trinajstić information content (AvgIpc) is 3.52. The first-order valence-electron chi connectivity index (χ1n) is 14.4. The van der Waals surface area contributed by atoms with Crippen molar-refractivity contribution in [1.29, 1.82) is 0 Å². The number of nitrogens with zero attached hydrogens (tertiary/aromatic N) is 3. The Balaban J connectivity index is 1.61. The Kier molecular flexibility index (Phi) is 10.6. The number of hydrogen-bond acceptors (Lipinski definition) is 7. The standard InChI is InChI=1S/C29H38F2N6O4S/c1-2-26(38)35-27-22(19-7-3-4-8-19)10-6-12-24(27)42(40,41)36-23(11-5-9-21-17-34-25(32)18-33-21)29(39)37-15-13-20(14-16-37)28(30)31/h6,10,12,17-19,23,36H,2-5,7-9,11,13-16H2,1H3,(H2,32,34)(H,35,38). The quantitative estimate of drug-likeness (QED) is 0.342. The molecular weight excluding hydrogens is 566 g/mol. The fourth-order valence-electron chi connectivity index (χ4n) is 5.58. The number of carbonyl (C=O) groups is 2. The van der Waals surface area contributed by atoms with Crippen molar-refractivity contribution in [3.05, 3.63) is 53.5 Å². The Morgan fingerprint density at radius 1 is 1.12 bits per heavy atom. The van der Waals surface area contributed by atoms with Gasteiger partial charge in [0.05, 0.1) is 23.8 Å². The van der Waals surface area contributed by atoms with Crippen LogP contribution in [-0.4, -0.2) is 54.2 Å². The normalized spacial score (nSPS) is 16.8. The minimum absolute atomic E-state index is 0.0122. The predicted molar refractivity (Wildman–Crippen MR) is 155 cm³/mol. The van der Waals surface area contributed by atoms with Crippen LogP contribution in [0.2, 0.25) is 0 Å². The van der Waals surface area contributed by atoms with E-state index >= 15 is 0 Å². The zero-order chi connectivity index (χ0) is 30.3. The molecule has 1 atom stereocenters. The highest BCUT2D eigenvalue weighted by Crippen LogP contribution is 2.40. The zero-order valence-electron chi connectivity index (χ0n) is 23.7. The number of anilines is 2. The first-order valence-corrected chi connectivity index (χ1v) is 15.9. The zero-order valence-corrected chi connectivity index (χ0v) is 24.6. The van der Waals surface area contributed by atoms with Crippen molar-refractivity contribution >= 4 is 33.3 Å². The minimum atomic E-state index is -4.29. The summed E-state index contributed by atoms with van der Waals surface area (Å²) in [5.41, 5.74) is 7.27. The van der Waals surface area contributed by atoms with Gasteiger partial charge in [-0.15, -0.1) is 0 Å². The molecule has 0 radical (unpaired) electrons. The van der Waals surface area contributed by atoms with Crippen LogP contribution in [0.25, 0.3) is 0 Å². The molecule has 1 aromatic carbocycles. The summed E-state index contributed by atoms with van der Waals surface area (Å²) in [6.07, 6.45) is 6.26. The average molecular weight is 605 g/mol. The number of piperidine rings is 1. The van der Waals surface area contributed by atoms with E-state index in [1.54, 1.807) is 13.0 Å². The van der Waals surface area contributed by atoms with Crippen molar-refractivity contribution in [2.45, 2.75) is 88.0 Å². The van der Waals surface area contributed by atoms with E-state index in [-0.39, 0.29) is 72.6 Å². The van der Waals surface area contributed by atoms with E-state index in [9.17, 15) is 26.8 Å². The maximum absolute atomic E-state index is 13.9. The molecule has 1 saturated carbocycles. The van der Waals surface area contributed by atoms with E-state index < -0.39 is 28.1 Å². The number of aryl methyl sites for hydroxylation is 1. The summed E-state index contributed by atoms with van der Waals surface area (Å²) in [4.78, 5) is 35.7. The largest absolute Gasteiger partial charge is 0.382 e. The number of para-hydroxylation sites is 1. The van der Waals surface area contributed by atoms with Gasteiger partial charge in [0.1, 0.15) is 16.8 Å². The van der Waals surface area contributed by atoms with Crippen LogP contribution < -0.4 is 15.8 Å². The van der Waals surface area contributed by atoms with E-state index in [1.165, 1.54) is 23.4 Å². The molecule has 2 amide bonds. The van der Waals surface area contributed by atoms with Gasteiger partial charge in [-0.25, -0.2) is 13.4 Å². The number of amides is 2. The van der Waals surface area contributed by atoms with Crippen molar-refractivity contribution < 1.29 is 26.8 Å². The van der Waals surface area contributed by atoms with Gasteiger partial charge in [0.15, 0.2) is 0 Å². The van der Waals surface area contributed by atoms with Crippen molar-refractivity contribution in [2.75, 3.05) is 24.1 Å². The molecule has 2 heterocycles. The molecular formula is C29H38F2N6O4S. The Morgan fingerprint density at radius 2 is 1.83 bits per heavy atom. The summed E-state index contributed by atoms with van der Waals surface area (Å²) in [6.45, 7) is 1.83. The number of carbonyl (C=O) groups excluding carboxylic acids is 2. The summed E-state index contributed by atoms with van der Waals surface area (Å²) in [6, 6.07) is 3.78. The van der Waals surface area contributed by atoms with Gasteiger partial charge >= 0.3 is 0 Å². The van der Waals surface area contributed by atoms with Crippen molar-refractivity contribution in [1.82, 2.24) is 19.6 Å². The number of nitrogen functional groups attached to an aromatic ring is 1. The second-order valence-electron chi connectivity index (χ2n) is 10.8. The lowest BCUT2D eigenvalue weighted by molar-refractivity contribution is -0.133. The molecule has 4 N–H and O–H groups in total. The van der Waals surface area contributed by atoms with Crippen LogP contribution in [0.4, 0.5) is 20.3 Å². The molecule has 1 aliphatic heterocycles. The number of sulfonamides is 1. The number of nitrogens with two attached hydrogens (primary N) is 1. The first-order chi connectivity index (χ1) is 20.1. The molecule has 0 bridgehead atoms. The smallest absolute Gasteiger partial charge is 0.269 e. The summed E-state index contributed by atoms with van der Waals surface area (Å²) in [5.74, 6) is -0.399. The Morgan fingerprint density at radius 3 is 2.45 bits per heavy atom. The predicted octanol–water partition coefficient (Wildman–Crippen LogP) is 4.51. The second-order valence-corrected chi connectivity index (χ2v) is 12.5. The maximum atomic E-state index is 13.9. The molecule has 2 aromatic rings. The number of rotatable bonds is 11. The number of benzene rings is 1. The Labute approximate surface area is 245 Å². The number of aromatic nitrogens is 2. The first kappa shape index (κ1) is 31.5. The lowest BCUT2D eigenvalue weighted by atomic mass is 9.96. The number of likely N-dealkylation sites (tertiary alicyclic amines) is 1. The van der Waals surface area contributed by atoms with Gasteiger partial charge in [0.2, 0.25) is 21.8 Å². The lowest BCUT2D eigenvalue weighted by Gasteiger charge is -2.31. The second kappa shape index (κ2) is 14.1. The monoisotopic (exact) mass is 604 g/mol. The third kappa shape index (κ3) is 7.88. The number of nitrogens with one attached hydrogen (secondary N) is 2. The Hall–Kier alpha value is -3.45. The van der Waals surface area contributed by atoms with Crippen molar-refractivity contribution in [3.8, 4) is 0 Å². The third-order valence-electron chi connectivity index (χ3n) is 7.92. The third-order valence-corrected chi connectivity index (χ3v) is 9.43. The summed E-state index contributed by atoms with van der Waals surface area (Å²) in [7, 11) is -4.29. The Bertz CT molecular complexity index is 1400. The summed E-state index contributed by atoms with van der Waals surface area (Å²) >= 11 is 0. The molecule has 0 spiro atoms.